The van der Waals surface area contributed by atoms with Gasteiger partial charge in [0.1, 0.15) is 0 Å². The Bertz CT molecular complexity index is 325. The summed E-state index contributed by atoms with van der Waals surface area (Å²) >= 11 is 0. The van der Waals surface area contributed by atoms with Gasteiger partial charge < -0.3 is 5.73 Å². The van der Waals surface area contributed by atoms with Crippen molar-refractivity contribution >= 4 is 0 Å². The highest BCUT2D eigenvalue weighted by Gasteiger charge is 2.36. The summed E-state index contributed by atoms with van der Waals surface area (Å²) in [6, 6.07) is 0.374. The van der Waals surface area contributed by atoms with E-state index in [1.165, 1.54) is 25.3 Å². The molecule has 0 amide bonds. The number of alkyl halides is 3. The van der Waals surface area contributed by atoms with Gasteiger partial charge in [-0.25, -0.2) is 0 Å². The number of hydrogen-bond acceptors (Lipinski definition) is 2. The molecule has 1 aliphatic carbocycles. The van der Waals surface area contributed by atoms with Gasteiger partial charge in [0.15, 0.2) is 0 Å². The van der Waals surface area contributed by atoms with Crippen LogP contribution in [0.2, 0.25) is 0 Å². The van der Waals surface area contributed by atoms with Gasteiger partial charge >= 0.3 is 6.18 Å². The predicted octanol–water partition coefficient (Wildman–Crippen LogP) is 3.09. The van der Waals surface area contributed by atoms with E-state index in [1.54, 1.807) is 0 Å². The molecule has 2 aliphatic rings. The Morgan fingerprint density at radius 2 is 1.95 bits per heavy atom. The average molecular weight is 276 g/mol. The average Bonchev–Trinajstić information content (AvgIpc) is 2.62. The zero-order valence-corrected chi connectivity index (χ0v) is 11.3. The molecule has 0 spiro atoms. The minimum atomic E-state index is -4.15. The molecule has 0 saturated heterocycles. The Morgan fingerprint density at radius 3 is 2.53 bits per heavy atom. The first-order chi connectivity index (χ1) is 9.02. The second-order valence-corrected chi connectivity index (χ2v) is 5.67. The number of rotatable bonds is 2. The fourth-order valence-electron chi connectivity index (χ4n) is 3.36. The van der Waals surface area contributed by atoms with E-state index in [1.807, 2.05) is 0 Å². The van der Waals surface area contributed by atoms with Crippen LogP contribution in [0.4, 0.5) is 13.2 Å². The standard InChI is InChI=1S/C14H23F3N2/c15-14(16,17)12-6-8-19(9-7-12)13-5-3-1-2-4-11(13)10-18/h6,11,13H,1-5,7-10,18H2. The van der Waals surface area contributed by atoms with Gasteiger partial charge in [0.25, 0.3) is 0 Å². The molecule has 0 aromatic carbocycles. The van der Waals surface area contributed by atoms with Crippen LogP contribution in [-0.2, 0) is 0 Å². The maximum absolute atomic E-state index is 12.6. The summed E-state index contributed by atoms with van der Waals surface area (Å²) in [5.41, 5.74) is 5.48. The molecule has 0 aromatic heterocycles. The Balaban J connectivity index is 2.01. The fourth-order valence-corrected chi connectivity index (χ4v) is 3.36. The van der Waals surface area contributed by atoms with Crippen LogP contribution >= 0.6 is 0 Å². The van der Waals surface area contributed by atoms with Crippen molar-refractivity contribution in [3.63, 3.8) is 0 Å². The van der Waals surface area contributed by atoms with E-state index in [2.05, 4.69) is 4.90 Å². The molecule has 2 atom stereocenters. The number of hydrogen-bond donors (Lipinski definition) is 1. The molecule has 1 fully saturated rings. The van der Waals surface area contributed by atoms with E-state index in [0.717, 1.165) is 12.8 Å². The van der Waals surface area contributed by atoms with E-state index in [4.69, 9.17) is 5.73 Å². The molecule has 110 valence electrons. The first kappa shape index (κ1) is 14.9. The van der Waals surface area contributed by atoms with E-state index >= 15 is 0 Å². The van der Waals surface area contributed by atoms with Gasteiger partial charge in [0.2, 0.25) is 0 Å². The van der Waals surface area contributed by atoms with Gasteiger partial charge in [0.05, 0.1) is 0 Å². The van der Waals surface area contributed by atoms with Crippen molar-refractivity contribution in [1.82, 2.24) is 4.90 Å². The first-order valence-electron chi connectivity index (χ1n) is 7.22. The van der Waals surface area contributed by atoms with Crippen LogP contribution in [0, 0.1) is 5.92 Å². The normalized spacial score (nSPS) is 30.8. The molecule has 0 aromatic rings. The van der Waals surface area contributed by atoms with Crippen molar-refractivity contribution in [2.45, 2.75) is 50.7 Å². The van der Waals surface area contributed by atoms with E-state index in [-0.39, 0.29) is 12.0 Å². The van der Waals surface area contributed by atoms with E-state index in [9.17, 15) is 13.2 Å². The first-order valence-corrected chi connectivity index (χ1v) is 7.22. The molecular weight excluding hydrogens is 253 g/mol. The lowest BCUT2D eigenvalue weighted by Crippen LogP contribution is -2.45. The lowest BCUT2D eigenvalue weighted by Gasteiger charge is -2.37. The molecular formula is C14H23F3N2. The summed E-state index contributed by atoms with van der Waals surface area (Å²) in [7, 11) is 0. The summed E-state index contributed by atoms with van der Waals surface area (Å²) < 4.78 is 37.8. The van der Waals surface area contributed by atoms with Crippen LogP contribution in [0.25, 0.3) is 0 Å². The summed E-state index contributed by atoms with van der Waals surface area (Å²) in [6.07, 6.45) is 3.14. The molecule has 19 heavy (non-hydrogen) atoms. The van der Waals surface area contributed by atoms with E-state index in [0.29, 0.717) is 31.6 Å². The Morgan fingerprint density at radius 1 is 1.21 bits per heavy atom. The molecule has 1 heterocycles. The molecule has 1 saturated carbocycles. The Kier molecular flexibility index (Phi) is 4.90. The van der Waals surface area contributed by atoms with Gasteiger partial charge in [0, 0.05) is 24.7 Å². The second kappa shape index (κ2) is 6.27. The number of nitrogens with two attached hydrogens (primary N) is 1. The molecule has 2 unspecified atom stereocenters. The molecule has 1 aliphatic heterocycles. The SMILES string of the molecule is NCC1CCCCCC1N1CC=C(C(F)(F)F)CC1. The summed E-state index contributed by atoms with van der Waals surface area (Å²) in [5, 5.41) is 0. The van der Waals surface area contributed by atoms with Crippen LogP contribution in [-0.4, -0.2) is 36.8 Å². The van der Waals surface area contributed by atoms with Crippen molar-refractivity contribution in [1.29, 1.82) is 0 Å². The van der Waals surface area contributed by atoms with Gasteiger partial charge in [-0.3, -0.25) is 4.90 Å². The van der Waals surface area contributed by atoms with Crippen molar-refractivity contribution in [2.24, 2.45) is 11.7 Å². The van der Waals surface area contributed by atoms with Crippen molar-refractivity contribution < 1.29 is 13.2 Å². The number of halogens is 3. The third-order valence-corrected chi connectivity index (χ3v) is 4.50. The molecule has 0 radical (unpaired) electrons. The minimum Gasteiger partial charge on any atom is -0.330 e. The van der Waals surface area contributed by atoms with Gasteiger partial charge in [-0.2, -0.15) is 13.2 Å². The highest BCUT2D eigenvalue weighted by atomic mass is 19.4. The third-order valence-electron chi connectivity index (χ3n) is 4.50. The summed E-state index contributed by atoms with van der Waals surface area (Å²) in [4.78, 5) is 2.21. The minimum absolute atomic E-state index is 0.122. The summed E-state index contributed by atoms with van der Waals surface area (Å²) in [5.74, 6) is 0.448. The maximum atomic E-state index is 12.6. The summed E-state index contributed by atoms with van der Waals surface area (Å²) in [6.45, 7) is 1.60. The van der Waals surface area contributed by atoms with Crippen molar-refractivity contribution in [3.05, 3.63) is 11.6 Å². The second-order valence-electron chi connectivity index (χ2n) is 5.67. The van der Waals surface area contributed by atoms with Gasteiger partial charge in [-0.05, 0) is 31.7 Å². The molecule has 5 heteroatoms. The van der Waals surface area contributed by atoms with Crippen LogP contribution in [0.1, 0.15) is 38.5 Å². The quantitative estimate of drug-likeness (QED) is 0.620. The van der Waals surface area contributed by atoms with Crippen molar-refractivity contribution in [2.75, 3.05) is 19.6 Å². The lowest BCUT2D eigenvalue weighted by atomic mass is 9.92. The lowest BCUT2D eigenvalue weighted by molar-refractivity contribution is -0.0966. The smallest absolute Gasteiger partial charge is 0.330 e. The topological polar surface area (TPSA) is 29.3 Å². The van der Waals surface area contributed by atoms with E-state index < -0.39 is 6.18 Å². The monoisotopic (exact) mass is 276 g/mol. The molecule has 2 rings (SSSR count). The van der Waals surface area contributed by atoms with Crippen LogP contribution < -0.4 is 5.73 Å². The fraction of sp³-hybridized carbons (Fsp3) is 0.857. The highest BCUT2D eigenvalue weighted by molar-refractivity contribution is 5.13. The third kappa shape index (κ3) is 3.72. The molecule has 2 N–H and O–H groups in total. The predicted molar refractivity (Wildman–Crippen MR) is 69.7 cm³/mol. The van der Waals surface area contributed by atoms with Crippen LogP contribution in [0.15, 0.2) is 11.6 Å². The number of nitrogens with zero attached hydrogens (tertiary/aromatic N) is 1. The maximum Gasteiger partial charge on any atom is 0.412 e. The molecule has 2 nitrogen and oxygen atoms in total. The highest BCUT2D eigenvalue weighted by Crippen LogP contribution is 2.33. The largest absolute Gasteiger partial charge is 0.412 e. The van der Waals surface area contributed by atoms with Crippen LogP contribution in [0.5, 0.6) is 0 Å². The van der Waals surface area contributed by atoms with Gasteiger partial charge in [-0.1, -0.05) is 25.3 Å². The van der Waals surface area contributed by atoms with Gasteiger partial charge in [-0.15, -0.1) is 0 Å². The molecule has 0 bridgehead atoms. The van der Waals surface area contributed by atoms with Crippen molar-refractivity contribution in [3.8, 4) is 0 Å². The Hall–Kier alpha value is -0.550. The zero-order valence-electron chi connectivity index (χ0n) is 11.3. The van der Waals surface area contributed by atoms with Crippen LogP contribution in [0.3, 0.4) is 0 Å². The zero-order chi connectivity index (χ0) is 13.9. The Labute approximate surface area is 112 Å².